The first-order chi connectivity index (χ1) is 23.6. The first kappa shape index (κ1) is 36.9. The average molecular weight is 647 g/mol. The molecule has 0 unspecified atom stereocenters. The van der Waals surface area contributed by atoms with Crippen LogP contribution in [0.4, 0.5) is 0 Å². The molecule has 48 heavy (non-hydrogen) atoms. The SMILES string of the molecule is C#Cc1cc2cc(CCCCCCCC)ccc2c(-c2c(OCOC)c(C#C)cc3cc(CCCCCCCC)ccc23)c1OCOC. The average Bonchev–Trinajstić information content (AvgIpc) is 3.11. The lowest BCUT2D eigenvalue weighted by Gasteiger charge is -2.22. The van der Waals surface area contributed by atoms with Crippen molar-refractivity contribution in [1.29, 1.82) is 0 Å². The number of hydrogen-bond acceptors (Lipinski definition) is 4. The smallest absolute Gasteiger partial charge is 0.188 e. The molecule has 0 aliphatic carbocycles. The standard InChI is InChI=1S/C44H54O4/c1-7-11-13-15-17-19-21-33-23-25-39-37(27-33)29-35(9-3)43(47-31-45-5)41(39)42-40-26-24-34(22-20-18-16-14-12-8-2)28-38(40)30-36(10-4)44(42)48-32-46-6/h3-4,23-30H,7-8,11-22,31-32H2,1-2,5-6H3. The van der Waals surface area contributed by atoms with Crippen molar-refractivity contribution in [3.8, 4) is 47.3 Å². The van der Waals surface area contributed by atoms with Crippen LogP contribution in [0.5, 0.6) is 11.5 Å². The van der Waals surface area contributed by atoms with Gasteiger partial charge in [-0.15, -0.1) is 12.8 Å². The largest absolute Gasteiger partial charge is 0.466 e. The van der Waals surface area contributed by atoms with Gasteiger partial charge in [-0.25, -0.2) is 0 Å². The summed E-state index contributed by atoms with van der Waals surface area (Å²) in [6, 6.07) is 17.5. The lowest BCUT2D eigenvalue weighted by atomic mass is 9.87. The Morgan fingerprint density at radius 1 is 0.521 bits per heavy atom. The lowest BCUT2D eigenvalue weighted by molar-refractivity contribution is 0.0500. The number of methoxy groups -OCH3 is 2. The maximum absolute atomic E-state index is 6.31. The second kappa shape index (κ2) is 19.8. The van der Waals surface area contributed by atoms with Crippen LogP contribution in [0.3, 0.4) is 0 Å². The van der Waals surface area contributed by atoms with Crippen molar-refractivity contribution in [2.45, 2.75) is 104 Å². The molecule has 0 heterocycles. The predicted octanol–water partition coefficient (Wildman–Crippen LogP) is 11.4. The molecule has 0 N–H and O–H groups in total. The Hall–Kier alpha value is -3.96. The summed E-state index contributed by atoms with van der Waals surface area (Å²) in [4.78, 5) is 0. The van der Waals surface area contributed by atoms with Crippen LogP contribution in [0.2, 0.25) is 0 Å². The van der Waals surface area contributed by atoms with Crippen molar-refractivity contribution < 1.29 is 18.9 Å². The van der Waals surface area contributed by atoms with Gasteiger partial charge in [-0.05, 0) is 70.5 Å². The molecule has 0 radical (unpaired) electrons. The Morgan fingerprint density at radius 2 is 0.917 bits per heavy atom. The molecule has 4 heteroatoms. The van der Waals surface area contributed by atoms with Gasteiger partial charge in [-0.1, -0.05) is 126 Å². The fourth-order valence-electron chi connectivity index (χ4n) is 6.65. The maximum Gasteiger partial charge on any atom is 0.188 e. The van der Waals surface area contributed by atoms with Gasteiger partial charge < -0.3 is 18.9 Å². The molecule has 4 nitrogen and oxygen atoms in total. The number of aryl methyl sites for hydroxylation is 2. The Morgan fingerprint density at radius 3 is 1.29 bits per heavy atom. The van der Waals surface area contributed by atoms with Crippen LogP contribution in [0.1, 0.15) is 113 Å². The van der Waals surface area contributed by atoms with Gasteiger partial charge in [0.15, 0.2) is 13.6 Å². The molecule has 0 aliphatic rings. The minimum absolute atomic E-state index is 0.0483. The molecule has 0 saturated heterocycles. The summed E-state index contributed by atoms with van der Waals surface area (Å²) >= 11 is 0. The molecule has 4 aromatic carbocycles. The van der Waals surface area contributed by atoms with Crippen LogP contribution in [-0.4, -0.2) is 27.8 Å². The van der Waals surface area contributed by atoms with Gasteiger partial charge in [0.2, 0.25) is 0 Å². The van der Waals surface area contributed by atoms with Crippen molar-refractivity contribution in [3.63, 3.8) is 0 Å². The fourth-order valence-corrected chi connectivity index (χ4v) is 6.65. The van der Waals surface area contributed by atoms with E-state index in [2.05, 4.69) is 74.2 Å². The van der Waals surface area contributed by atoms with Crippen molar-refractivity contribution in [3.05, 3.63) is 70.8 Å². The van der Waals surface area contributed by atoms with Crippen molar-refractivity contribution >= 4 is 21.5 Å². The van der Waals surface area contributed by atoms with Crippen molar-refractivity contribution in [1.82, 2.24) is 0 Å². The highest BCUT2D eigenvalue weighted by Crippen LogP contribution is 2.48. The number of hydrogen-bond donors (Lipinski definition) is 0. The van der Waals surface area contributed by atoms with Crippen LogP contribution in [-0.2, 0) is 22.3 Å². The predicted molar refractivity (Wildman–Crippen MR) is 202 cm³/mol. The molecule has 0 bridgehead atoms. The van der Waals surface area contributed by atoms with Gasteiger partial charge >= 0.3 is 0 Å². The number of fused-ring (bicyclic) bond motifs is 2. The molecular formula is C44H54O4. The van der Waals surface area contributed by atoms with E-state index in [9.17, 15) is 0 Å². The summed E-state index contributed by atoms with van der Waals surface area (Å²) in [5.74, 6) is 6.95. The number of benzene rings is 4. The highest BCUT2D eigenvalue weighted by Gasteiger charge is 2.24. The third kappa shape index (κ3) is 9.56. The Balaban J connectivity index is 1.87. The summed E-state index contributed by atoms with van der Waals surface area (Å²) < 4.78 is 23.4. The molecule has 254 valence electrons. The quantitative estimate of drug-likeness (QED) is 0.0513. The molecule has 4 rings (SSSR count). The number of rotatable bonds is 21. The van der Waals surface area contributed by atoms with E-state index in [4.69, 9.17) is 31.8 Å². The molecule has 0 spiro atoms. The molecule has 0 amide bonds. The highest BCUT2D eigenvalue weighted by atomic mass is 16.7. The Kier molecular flexibility index (Phi) is 15.2. The maximum atomic E-state index is 6.31. The summed E-state index contributed by atoms with van der Waals surface area (Å²) in [7, 11) is 3.22. The van der Waals surface area contributed by atoms with E-state index in [0.717, 1.165) is 45.5 Å². The van der Waals surface area contributed by atoms with Gasteiger partial charge in [0.25, 0.3) is 0 Å². The van der Waals surface area contributed by atoms with Crippen molar-refractivity contribution in [2.75, 3.05) is 27.8 Å². The normalized spacial score (nSPS) is 11.1. The summed E-state index contributed by atoms with van der Waals surface area (Å²) in [5, 5.41) is 4.15. The van der Waals surface area contributed by atoms with E-state index in [1.165, 1.54) is 88.2 Å². The summed E-state index contributed by atoms with van der Waals surface area (Å²) in [5.41, 5.74) is 5.61. The molecule has 0 saturated carbocycles. The van der Waals surface area contributed by atoms with E-state index < -0.39 is 0 Å². The van der Waals surface area contributed by atoms with Gasteiger partial charge in [0, 0.05) is 25.3 Å². The van der Waals surface area contributed by atoms with E-state index in [-0.39, 0.29) is 13.6 Å². The van der Waals surface area contributed by atoms with E-state index in [0.29, 0.717) is 22.6 Å². The molecule has 4 aromatic rings. The highest BCUT2D eigenvalue weighted by molar-refractivity contribution is 6.11. The molecule has 0 aliphatic heterocycles. The van der Waals surface area contributed by atoms with Gasteiger partial charge in [-0.2, -0.15) is 0 Å². The van der Waals surface area contributed by atoms with Gasteiger partial charge in [0.05, 0.1) is 11.1 Å². The van der Waals surface area contributed by atoms with Crippen LogP contribution < -0.4 is 9.47 Å². The second-order valence-electron chi connectivity index (χ2n) is 12.8. The van der Waals surface area contributed by atoms with Crippen molar-refractivity contribution in [2.24, 2.45) is 0 Å². The van der Waals surface area contributed by atoms with Crippen LogP contribution in [0.15, 0.2) is 48.5 Å². The number of unbranched alkanes of at least 4 members (excludes halogenated alkanes) is 10. The number of ether oxygens (including phenoxy) is 4. The molecule has 0 aromatic heterocycles. The molecule has 0 atom stereocenters. The minimum Gasteiger partial charge on any atom is -0.466 e. The monoisotopic (exact) mass is 646 g/mol. The van der Waals surface area contributed by atoms with Gasteiger partial charge in [0.1, 0.15) is 11.5 Å². The zero-order valence-electron chi connectivity index (χ0n) is 29.7. The van der Waals surface area contributed by atoms with Gasteiger partial charge in [-0.3, -0.25) is 0 Å². The van der Waals surface area contributed by atoms with Crippen LogP contribution >= 0.6 is 0 Å². The zero-order chi connectivity index (χ0) is 34.1. The van der Waals surface area contributed by atoms with Crippen LogP contribution in [0.25, 0.3) is 32.7 Å². The van der Waals surface area contributed by atoms with E-state index in [1.807, 2.05) is 0 Å². The first-order valence-corrected chi connectivity index (χ1v) is 18.0. The molecule has 0 fully saturated rings. The van der Waals surface area contributed by atoms with E-state index >= 15 is 0 Å². The second-order valence-corrected chi connectivity index (χ2v) is 12.8. The first-order valence-electron chi connectivity index (χ1n) is 18.0. The third-order valence-electron chi connectivity index (χ3n) is 9.15. The summed E-state index contributed by atoms with van der Waals surface area (Å²) in [6.45, 7) is 4.61. The van der Waals surface area contributed by atoms with Crippen LogP contribution in [0, 0.1) is 24.7 Å². The molecular weight excluding hydrogens is 592 g/mol. The Bertz CT molecular complexity index is 1580. The zero-order valence-corrected chi connectivity index (χ0v) is 29.7. The number of terminal acetylenes is 2. The fraction of sp³-hybridized carbons (Fsp3) is 0.455. The lowest BCUT2D eigenvalue weighted by Crippen LogP contribution is -2.06. The topological polar surface area (TPSA) is 36.9 Å². The Labute approximate surface area is 289 Å². The minimum atomic E-state index is 0.0483. The van der Waals surface area contributed by atoms with E-state index in [1.54, 1.807) is 14.2 Å². The summed E-state index contributed by atoms with van der Waals surface area (Å²) in [6.07, 6.45) is 29.6. The third-order valence-corrected chi connectivity index (χ3v) is 9.15.